The number of hydrogen-bond donors (Lipinski definition) is 2. The molecule has 0 aliphatic heterocycles. The topological polar surface area (TPSA) is 49.3 Å². The number of carbonyl (C=O) groups excluding carboxylic acids is 1. The summed E-state index contributed by atoms with van der Waals surface area (Å²) in [6.07, 6.45) is 2.88. The molecule has 112 valence electrons. The van der Waals surface area contributed by atoms with Crippen molar-refractivity contribution in [2.24, 2.45) is 5.92 Å². The molecule has 0 aliphatic carbocycles. The van der Waals surface area contributed by atoms with E-state index in [1.54, 1.807) is 6.92 Å². The summed E-state index contributed by atoms with van der Waals surface area (Å²) in [7, 11) is 0. The number of aryl methyl sites for hydroxylation is 1. The van der Waals surface area contributed by atoms with Crippen LogP contribution in [0, 0.1) is 5.92 Å². The van der Waals surface area contributed by atoms with E-state index in [1.165, 1.54) is 0 Å². The lowest BCUT2D eigenvalue weighted by Crippen LogP contribution is -2.40. The van der Waals surface area contributed by atoms with Crippen LogP contribution >= 0.6 is 0 Å². The van der Waals surface area contributed by atoms with Crippen LogP contribution in [-0.4, -0.2) is 23.2 Å². The van der Waals surface area contributed by atoms with Crippen molar-refractivity contribution in [3.63, 3.8) is 0 Å². The Hall–Kier alpha value is -1.35. The van der Waals surface area contributed by atoms with Crippen LogP contribution in [0.25, 0.3) is 0 Å². The molecule has 0 saturated heterocycles. The fraction of sp³-hybridized carbons (Fsp3) is 0.588. The van der Waals surface area contributed by atoms with E-state index in [-0.39, 0.29) is 5.91 Å². The molecule has 0 radical (unpaired) electrons. The van der Waals surface area contributed by atoms with Gasteiger partial charge in [0.2, 0.25) is 5.91 Å². The maximum absolute atomic E-state index is 11.8. The zero-order valence-electron chi connectivity index (χ0n) is 12.9. The quantitative estimate of drug-likeness (QED) is 0.767. The monoisotopic (exact) mass is 277 g/mol. The molecule has 2 N–H and O–H groups in total. The maximum atomic E-state index is 11.8. The van der Waals surface area contributed by atoms with Gasteiger partial charge in [-0.25, -0.2) is 0 Å². The van der Waals surface area contributed by atoms with Gasteiger partial charge in [0.05, 0.1) is 5.60 Å². The van der Waals surface area contributed by atoms with Crippen molar-refractivity contribution in [3.8, 4) is 0 Å². The molecule has 1 unspecified atom stereocenters. The van der Waals surface area contributed by atoms with Crippen LogP contribution in [-0.2, 0) is 11.2 Å². The second-order valence-corrected chi connectivity index (χ2v) is 6.19. The van der Waals surface area contributed by atoms with Crippen molar-refractivity contribution in [2.45, 2.75) is 52.1 Å². The van der Waals surface area contributed by atoms with Gasteiger partial charge in [0.1, 0.15) is 0 Å². The number of aliphatic hydroxyl groups is 1. The summed E-state index contributed by atoms with van der Waals surface area (Å²) < 4.78 is 0. The second-order valence-electron chi connectivity index (χ2n) is 6.19. The molecule has 20 heavy (non-hydrogen) atoms. The first-order chi connectivity index (χ1) is 9.39. The van der Waals surface area contributed by atoms with E-state index < -0.39 is 5.60 Å². The fourth-order valence-electron chi connectivity index (χ4n) is 1.97. The summed E-state index contributed by atoms with van der Waals surface area (Å²) in [6, 6.07) is 9.96. The zero-order valence-corrected chi connectivity index (χ0v) is 12.9. The van der Waals surface area contributed by atoms with Crippen molar-refractivity contribution < 1.29 is 9.90 Å². The minimum Gasteiger partial charge on any atom is -0.388 e. The van der Waals surface area contributed by atoms with Crippen LogP contribution in [0.2, 0.25) is 0 Å². The number of nitrogens with one attached hydrogen (secondary N) is 1. The maximum Gasteiger partial charge on any atom is 0.220 e. The molecule has 0 fully saturated rings. The predicted octanol–water partition coefficient (Wildman–Crippen LogP) is 2.92. The Kier molecular flexibility index (Phi) is 6.73. The Labute approximate surface area is 122 Å². The molecular formula is C17H27NO2. The largest absolute Gasteiger partial charge is 0.388 e. The molecule has 1 aromatic carbocycles. The summed E-state index contributed by atoms with van der Waals surface area (Å²) >= 11 is 0. The van der Waals surface area contributed by atoms with Gasteiger partial charge in [-0.1, -0.05) is 44.2 Å². The summed E-state index contributed by atoms with van der Waals surface area (Å²) in [5.41, 5.74) is 0.348. The summed E-state index contributed by atoms with van der Waals surface area (Å²) in [5, 5.41) is 13.0. The second kappa shape index (κ2) is 8.05. The first-order valence-corrected chi connectivity index (χ1v) is 7.42. The third-order valence-corrected chi connectivity index (χ3v) is 3.41. The van der Waals surface area contributed by atoms with Gasteiger partial charge in [0, 0.05) is 13.0 Å². The number of rotatable bonds is 8. The molecule has 1 aromatic rings. The summed E-state index contributed by atoms with van der Waals surface area (Å²) in [5.74, 6) is 0.564. The standard InChI is InChI=1S/C17H27NO2/c1-14(2)11-12-17(3,20)13-18-16(19)10-9-15-7-5-4-6-8-15/h4-8,14,20H,9-13H2,1-3H3,(H,18,19). The zero-order chi connectivity index (χ0) is 15.0. The Morgan fingerprint density at radius 3 is 2.55 bits per heavy atom. The molecule has 1 amide bonds. The number of carbonyl (C=O) groups is 1. The van der Waals surface area contributed by atoms with E-state index in [9.17, 15) is 9.90 Å². The third-order valence-electron chi connectivity index (χ3n) is 3.41. The van der Waals surface area contributed by atoms with Crippen molar-refractivity contribution in [1.29, 1.82) is 0 Å². The van der Waals surface area contributed by atoms with E-state index in [2.05, 4.69) is 19.2 Å². The van der Waals surface area contributed by atoms with Crippen LogP contribution < -0.4 is 5.32 Å². The molecule has 0 spiro atoms. The lowest BCUT2D eigenvalue weighted by Gasteiger charge is -2.24. The molecular weight excluding hydrogens is 250 g/mol. The first kappa shape index (κ1) is 16.7. The smallest absolute Gasteiger partial charge is 0.220 e. The highest BCUT2D eigenvalue weighted by Crippen LogP contribution is 2.15. The van der Waals surface area contributed by atoms with Gasteiger partial charge >= 0.3 is 0 Å². The highest BCUT2D eigenvalue weighted by atomic mass is 16.3. The van der Waals surface area contributed by atoms with E-state index in [0.717, 1.165) is 18.4 Å². The lowest BCUT2D eigenvalue weighted by molar-refractivity contribution is -0.122. The number of benzene rings is 1. The molecule has 0 saturated carbocycles. The van der Waals surface area contributed by atoms with Gasteiger partial charge in [0.25, 0.3) is 0 Å². The predicted molar refractivity (Wildman–Crippen MR) is 82.5 cm³/mol. The van der Waals surface area contributed by atoms with Crippen molar-refractivity contribution in [1.82, 2.24) is 5.32 Å². The van der Waals surface area contributed by atoms with Gasteiger partial charge in [-0.15, -0.1) is 0 Å². The minimum absolute atomic E-state index is 0.00123. The van der Waals surface area contributed by atoms with Crippen molar-refractivity contribution in [3.05, 3.63) is 35.9 Å². The van der Waals surface area contributed by atoms with E-state index in [0.29, 0.717) is 25.3 Å². The average Bonchev–Trinajstić information content (AvgIpc) is 2.42. The summed E-state index contributed by atoms with van der Waals surface area (Å²) in [6.45, 7) is 6.38. The third kappa shape index (κ3) is 7.29. The van der Waals surface area contributed by atoms with E-state index in [4.69, 9.17) is 0 Å². The lowest BCUT2D eigenvalue weighted by atomic mass is 9.95. The first-order valence-electron chi connectivity index (χ1n) is 7.42. The molecule has 0 aromatic heterocycles. The normalized spacial score (nSPS) is 14.1. The Morgan fingerprint density at radius 2 is 1.95 bits per heavy atom. The molecule has 3 heteroatoms. The average molecular weight is 277 g/mol. The van der Waals surface area contributed by atoms with Crippen LogP contribution in [0.4, 0.5) is 0 Å². The number of hydrogen-bond acceptors (Lipinski definition) is 2. The molecule has 0 bridgehead atoms. The molecule has 1 atom stereocenters. The molecule has 0 aliphatic rings. The van der Waals surface area contributed by atoms with Crippen LogP contribution in [0.3, 0.4) is 0 Å². The minimum atomic E-state index is -0.813. The fourth-order valence-corrected chi connectivity index (χ4v) is 1.97. The van der Waals surface area contributed by atoms with E-state index in [1.807, 2.05) is 30.3 Å². The van der Waals surface area contributed by atoms with Crippen molar-refractivity contribution >= 4 is 5.91 Å². The Bertz CT molecular complexity index is 399. The highest BCUT2D eigenvalue weighted by molar-refractivity contribution is 5.76. The highest BCUT2D eigenvalue weighted by Gasteiger charge is 2.21. The van der Waals surface area contributed by atoms with Gasteiger partial charge in [-0.05, 0) is 37.7 Å². The molecule has 1 rings (SSSR count). The Balaban J connectivity index is 2.25. The SMILES string of the molecule is CC(C)CCC(C)(O)CNC(=O)CCc1ccccc1. The Morgan fingerprint density at radius 1 is 1.30 bits per heavy atom. The van der Waals surface area contributed by atoms with Crippen LogP contribution in [0.1, 0.15) is 45.6 Å². The van der Waals surface area contributed by atoms with Gasteiger partial charge in [-0.3, -0.25) is 4.79 Å². The molecule has 0 heterocycles. The van der Waals surface area contributed by atoms with Crippen LogP contribution in [0.5, 0.6) is 0 Å². The van der Waals surface area contributed by atoms with E-state index >= 15 is 0 Å². The summed E-state index contributed by atoms with van der Waals surface area (Å²) in [4.78, 5) is 11.8. The van der Waals surface area contributed by atoms with Crippen LogP contribution in [0.15, 0.2) is 30.3 Å². The van der Waals surface area contributed by atoms with Gasteiger partial charge in [-0.2, -0.15) is 0 Å². The van der Waals surface area contributed by atoms with Crippen molar-refractivity contribution in [2.75, 3.05) is 6.54 Å². The van der Waals surface area contributed by atoms with Gasteiger partial charge < -0.3 is 10.4 Å². The van der Waals surface area contributed by atoms with Gasteiger partial charge in [0.15, 0.2) is 0 Å². The molecule has 3 nitrogen and oxygen atoms in total. The number of amides is 1.